The van der Waals surface area contributed by atoms with Gasteiger partial charge < -0.3 is 19.9 Å². The number of phenols is 1. The van der Waals surface area contributed by atoms with Gasteiger partial charge in [-0.2, -0.15) is 0 Å². The molecule has 7 heteroatoms. The number of methoxy groups -OCH3 is 1. The third-order valence-corrected chi connectivity index (χ3v) is 3.61. The van der Waals surface area contributed by atoms with Crippen molar-refractivity contribution in [2.75, 3.05) is 12.4 Å². The minimum atomic E-state index is -0.986. The van der Waals surface area contributed by atoms with Crippen LogP contribution >= 0.6 is 11.6 Å². The number of esters is 1. The number of carbonyl (C=O) groups is 2. The standard InChI is InChI=1S/C19H18ClNO5/c1-12(19(24)21-15-5-3-4-14(20)11-15)26-18(23)9-7-13-6-8-16(22)17(10-13)25-2/h3-12,22H,1-2H3,(H,21,24)/b9-7+/t12-/m0/s1. The molecular formula is C19H18ClNO5. The summed E-state index contributed by atoms with van der Waals surface area (Å²) in [5.74, 6) is -0.862. The Kier molecular flexibility index (Phi) is 6.63. The second-order valence-corrected chi connectivity index (χ2v) is 5.78. The van der Waals surface area contributed by atoms with Crippen molar-refractivity contribution in [2.45, 2.75) is 13.0 Å². The van der Waals surface area contributed by atoms with Gasteiger partial charge in [0.2, 0.25) is 0 Å². The predicted octanol–water partition coefficient (Wildman–Crippen LogP) is 3.64. The highest BCUT2D eigenvalue weighted by Crippen LogP contribution is 2.26. The van der Waals surface area contributed by atoms with E-state index in [1.165, 1.54) is 32.3 Å². The molecule has 0 aliphatic rings. The van der Waals surface area contributed by atoms with E-state index in [-0.39, 0.29) is 11.5 Å². The van der Waals surface area contributed by atoms with Crippen LogP contribution < -0.4 is 10.1 Å². The number of hydrogen-bond donors (Lipinski definition) is 2. The first-order valence-corrected chi connectivity index (χ1v) is 8.09. The summed E-state index contributed by atoms with van der Waals surface area (Å²) in [5, 5.41) is 12.6. The van der Waals surface area contributed by atoms with E-state index in [4.69, 9.17) is 21.1 Å². The van der Waals surface area contributed by atoms with Crippen LogP contribution in [0, 0.1) is 0 Å². The molecule has 2 aromatic carbocycles. The summed E-state index contributed by atoms with van der Waals surface area (Å²) >= 11 is 5.85. The van der Waals surface area contributed by atoms with Crippen LogP contribution in [-0.4, -0.2) is 30.2 Å². The van der Waals surface area contributed by atoms with E-state index in [1.54, 1.807) is 36.4 Å². The quantitative estimate of drug-likeness (QED) is 0.594. The number of aromatic hydroxyl groups is 1. The topological polar surface area (TPSA) is 84.9 Å². The number of halogens is 1. The summed E-state index contributed by atoms with van der Waals surface area (Å²) in [6.45, 7) is 1.47. The van der Waals surface area contributed by atoms with E-state index in [0.717, 1.165) is 0 Å². The highest BCUT2D eigenvalue weighted by atomic mass is 35.5. The van der Waals surface area contributed by atoms with Gasteiger partial charge in [0.05, 0.1) is 7.11 Å². The van der Waals surface area contributed by atoms with Crippen molar-refractivity contribution in [1.82, 2.24) is 0 Å². The maximum Gasteiger partial charge on any atom is 0.331 e. The Morgan fingerprint density at radius 3 is 2.69 bits per heavy atom. The number of anilines is 1. The fraction of sp³-hybridized carbons (Fsp3) is 0.158. The summed E-state index contributed by atoms with van der Waals surface area (Å²) in [6.07, 6.45) is 1.70. The Morgan fingerprint density at radius 1 is 1.23 bits per heavy atom. The van der Waals surface area contributed by atoms with E-state index < -0.39 is 18.0 Å². The average Bonchev–Trinajstić information content (AvgIpc) is 2.61. The van der Waals surface area contributed by atoms with Gasteiger partial charge in [-0.15, -0.1) is 0 Å². The highest BCUT2D eigenvalue weighted by Gasteiger charge is 2.16. The molecule has 6 nitrogen and oxygen atoms in total. The van der Waals surface area contributed by atoms with Crippen molar-refractivity contribution in [3.63, 3.8) is 0 Å². The Labute approximate surface area is 156 Å². The first kappa shape index (κ1) is 19.3. The summed E-state index contributed by atoms with van der Waals surface area (Å²) in [5.41, 5.74) is 1.14. The number of hydrogen-bond acceptors (Lipinski definition) is 5. The van der Waals surface area contributed by atoms with E-state index in [2.05, 4.69) is 5.32 Å². The van der Waals surface area contributed by atoms with Gasteiger partial charge in [-0.1, -0.05) is 23.7 Å². The van der Waals surface area contributed by atoms with Crippen LogP contribution in [0.2, 0.25) is 5.02 Å². The van der Waals surface area contributed by atoms with Crippen LogP contribution in [0.5, 0.6) is 11.5 Å². The van der Waals surface area contributed by atoms with Gasteiger partial charge in [-0.05, 0) is 48.9 Å². The number of amides is 1. The molecule has 136 valence electrons. The van der Waals surface area contributed by atoms with Gasteiger partial charge in [-0.25, -0.2) is 4.79 Å². The zero-order valence-electron chi connectivity index (χ0n) is 14.2. The lowest BCUT2D eigenvalue weighted by Gasteiger charge is -2.12. The van der Waals surface area contributed by atoms with Crippen LogP contribution in [0.25, 0.3) is 6.08 Å². The van der Waals surface area contributed by atoms with E-state index >= 15 is 0 Å². The molecule has 0 aliphatic carbocycles. The highest BCUT2D eigenvalue weighted by molar-refractivity contribution is 6.30. The van der Waals surface area contributed by atoms with Crippen molar-refractivity contribution in [3.05, 3.63) is 59.1 Å². The minimum absolute atomic E-state index is 0.00136. The van der Waals surface area contributed by atoms with Crippen LogP contribution in [0.1, 0.15) is 12.5 Å². The average molecular weight is 376 g/mol. The molecule has 0 heterocycles. The number of phenolic OH excluding ortho intramolecular Hbond substituents is 1. The lowest BCUT2D eigenvalue weighted by molar-refractivity contribution is -0.148. The maximum atomic E-state index is 12.1. The van der Waals surface area contributed by atoms with Gasteiger partial charge in [0.25, 0.3) is 5.91 Å². The monoisotopic (exact) mass is 375 g/mol. The fourth-order valence-electron chi connectivity index (χ4n) is 2.04. The fourth-order valence-corrected chi connectivity index (χ4v) is 2.23. The Bertz CT molecular complexity index is 834. The number of nitrogens with one attached hydrogen (secondary N) is 1. The van der Waals surface area contributed by atoms with Crippen LogP contribution in [0.4, 0.5) is 5.69 Å². The van der Waals surface area contributed by atoms with Crippen molar-refractivity contribution in [1.29, 1.82) is 0 Å². The van der Waals surface area contributed by atoms with E-state index in [1.807, 2.05) is 0 Å². The molecule has 0 radical (unpaired) electrons. The zero-order valence-corrected chi connectivity index (χ0v) is 15.0. The second kappa shape index (κ2) is 8.92. The largest absolute Gasteiger partial charge is 0.504 e. The molecule has 0 aromatic heterocycles. The molecule has 0 fully saturated rings. The number of rotatable bonds is 6. The SMILES string of the molecule is COc1cc(/C=C/C(=O)O[C@@H](C)C(=O)Nc2cccc(Cl)c2)ccc1O. The Balaban J connectivity index is 1.92. The van der Waals surface area contributed by atoms with Crippen molar-refractivity contribution < 1.29 is 24.2 Å². The summed E-state index contributed by atoms with van der Waals surface area (Å²) in [6, 6.07) is 11.3. The number of carbonyl (C=O) groups excluding carboxylic acids is 2. The number of benzene rings is 2. The van der Waals surface area contributed by atoms with Gasteiger partial charge >= 0.3 is 5.97 Å². The molecule has 0 spiro atoms. The first-order chi connectivity index (χ1) is 12.4. The molecule has 0 saturated carbocycles. The molecule has 0 aliphatic heterocycles. The van der Waals surface area contributed by atoms with Crippen molar-refractivity contribution >= 4 is 35.2 Å². The van der Waals surface area contributed by atoms with Gasteiger partial charge in [0, 0.05) is 16.8 Å². The van der Waals surface area contributed by atoms with E-state index in [0.29, 0.717) is 16.3 Å². The minimum Gasteiger partial charge on any atom is -0.504 e. The summed E-state index contributed by atoms with van der Waals surface area (Å²) in [4.78, 5) is 23.9. The van der Waals surface area contributed by atoms with Gasteiger partial charge in [-0.3, -0.25) is 4.79 Å². The maximum absolute atomic E-state index is 12.1. The predicted molar refractivity (Wildman–Crippen MR) is 99.3 cm³/mol. The number of ether oxygens (including phenoxy) is 2. The van der Waals surface area contributed by atoms with Crippen LogP contribution in [0.15, 0.2) is 48.5 Å². The Morgan fingerprint density at radius 2 is 2.00 bits per heavy atom. The molecule has 26 heavy (non-hydrogen) atoms. The molecule has 1 amide bonds. The van der Waals surface area contributed by atoms with Crippen molar-refractivity contribution in [3.8, 4) is 11.5 Å². The van der Waals surface area contributed by atoms with Gasteiger partial charge in [0.15, 0.2) is 17.6 Å². The third kappa shape index (κ3) is 5.53. The van der Waals surface area contributed by atoms with Crippen LogP contribution in [-0.2, 0) is 14.3 Å². The third-order valence-electron chi connectivity index (χ3n) is 3.37. The molecular weight excluding hydrogens is 358 g/mol. The molecule has 2 rings (SSSR count). The second-order valence-electron chi connectivity index (χ2n) is 5.34. The van der Waals surface area contributed by atoms with Crippen molar-refractivity contribution in [2.24, 2.45) is 0 Å². The molecule has 2 N–H and O–H groups in total. The summed E-state index contributed by atoms with van der Waals surface area (Å²) in [7, 11) is 1.43. The Hall–Kier alpha value is -2.99. The molecule has 2 aromatic rings. The summed E-state index contributed by atoms with van der Waals surface area (Å²) < 4.78 is 10.1. The molecule has 0 bridgehead atoms. The first-order valence-electron chi connectivity index (χ1n) is 7.71. The smallest absolute Gasteiger partial charge is 0.331 e. The normalized spacial score (nSPS) is 11.8. The zero-order chi connectivity index (χ0) is 19.1. The van der Waals surface area contributed by atoms with Gasteiger partial charge in [0.1, 0.15) is 0 Å². The van der Waals surface area contributed by atoms with Crippen LogP contribution in [0.3, 0.4) is 0 Å². The van der Waals surface area contributed by atoms with E-state index in [9.17, 15) is 14.7 Å². The molecule has 0 unspecified atom stereocenters. The lowest BCUT2D eigenvalue weighted by atomic mass is 10.2. The lowest BCUT2D eigenvalue weighted by Crippen LogP contribution is -2.29. The molecule has 1 atom stereocenters. The molecule has 0 saturated heterocycles.